The quantitative estimate of drug-likeness (QED) is 0.526. The van der Waals surface area contributed by atoms with Crippen molar-refractivity contribution >= 4 is 34.1 Å². The molecule has 0 N–H and O–H groups in total. The maximum Gasteiger partial charge on any atom is 0.129 e. The van der Waals surface area contributed by atoms with Crippen molar-refractivity contribution in [3.8, 4) is 0 Å². The monoisotopic (exact) mass is 209 g/mol. The van der Waals surface area contributed by atoms with E-state index in [1.807, 2.05) is 6.07 Å². The van der Waals surface area contributed by atoms with Crippen LogP contribution in [-0.2, 0) is 0 Å². The Morgan fingerprint density at radius 1 is 1.23 bits per heavy atom. The average Bonchev–Trinajstić information content (AvgIpc) is 2.16. The summed E-state index contributed by atoms with van der Waals surface area (Å²) in [6, 6.07) is 8.15. The van der Waals surface area contributed by atoms with Gasteiger partial charge in [-0.05, 0) is 29.8 Å². The molecule has 1 heterocycles. The molecule has 1 aromatic carbocycles. The van der Waals surface area contributed by atoms with Crippen LogP contribution in [0.25, 0.3) is 10.8 Å². The first-order valence-electron chi connectivity index (χ1n) is 3.89. The van der Waals surface area contributed by atoms with Crippen molar-refractivity contribution in [1.29, 1.82) is 0 Å². The largest absolute Gasteiger partial charge is 0.244 e. The van der Waals surface area contributed by atoms with Crippen molar-refractivity contribution in [2.24, 2.45) is 0 Å². The number of hydrogen-bond acceptors (Lipinski definition) is 2. The highest BCUT2D eigenvalue weighted by molar-refractivity contribution is 7.98. The van der Waals surface area contributed by atoms with Crippen LogP contribution in [0.2, 0.25) is 5.15 Å². The van der Waals surface area contributed by atoms with Gasteiger partial charge in [0.05, 0.1) is 0 Å². The Kier molecular flexibility index (Phi) is 2.42. The number of halogens is 1. The van der Waals surface area contributed by atoms with Crippen LogP contribution in [0.4, 0.5) is 0 Å². The van der Waals surface area contributed by atoms with Crippen LogP contribution in [-0.4, -0.2) is 11.2 Å². The van der Waals surface area contributed by atoms with Gasteiger partial charge >= 0.3 is 0 Å². The molecule has 0 aliphatic carbocycles. The number of benzene rings is 1. The van der Waals surface area contributed by atoms with E-state index in [0.717, 1.165) is 10.8 Å². The van der Waals surface area contributed by atoms with Crippen LogP contribution in [0, 0.1) is 0 Å². The molecular weight excluding hydrogens is 202 g/mol. The Bertz CT molecular complexity index is 442. The van der Waals surface area contributed by atoms with E-state index < -0.39 is 0 Å². The first kappa shape index (κ1) is 8.85. The Hall–Kier alpha value is -0.730. The molecule has 2 rings (SSSR count). The number of pyridine rings is 1. The maximum absolute atomic E-state index is 5.80. The highest BCUT2D eigenvalue weighted by Crippen LogP contribution is 2.22. The summed E-state index contributed by atoms with van der Waals surface area (Å²) in [5.74, 6) is 0. The lowest BCUT2D eigenvalue weighted by Gasteiger charge is -2.00. The average molecular weight is 210 g/mol. The second-order valence-corrected chi connectivity index (χ2v) is 3.99. The maximum atomic E-state index is 5.80. The van der Waals surface area contributed by atoms with Gasteiger partial charge in [-0.1, -0.05) is 17.7 Å². The summed E-state index contributed by atoms with van der Waals surface area (Å²) in [7, 11) is 0. The van der Waals surface area contributed by atoms with Crippen LogP contribution in [0.3, 0.4) is 0 Å². The molecule has 2 aromatic rings. The van der Waals surface area contributed by atoms with Gasteiger partial charge in [0.2, 0.25) is 0 Å². The van der Waals surface area contributed by atoms with Crippen molar-refractivity contribution in [1.82, 2.24) is 4.98 Å². The smallest absolute Gasteiger partial charge is 0.129 e. The van der Waals surface area contributed by atoms with Crippen molar-refractivity contribution in [2.45, 2.75) is 4.90 Å². The molecule has 3 heteroatoms. The SMILES string of the molecule is CSc1ccc2cnc(Cl)cc2c1. The zero-order valence-corrected chi connectivity index (χ0v) is 8.69. The van der Waals surface area contributed by atoms with E-state index in [9.17, 15) is 0 Å². The second kappa shape index (κ2) is 3.56. The minimum atomic E-state index is 0.547. The Morgan fingerprint density at radius 3 is 2.85 bits per heavy atom. The summed E-state index contributed by atoms with van der Waals surface area (Å²) in [5, 5.41) is 2.82. The van der Waals surface area contributed by atoms with Crippen LogP contribution in [0.15, 0.2) is 35.4 Å². The number of aromatic nitrogens is 1. The predicted molar refractivity (Wildman–Crippen MR) is 58.5 cm³/mol. The van der Waals surface area contributed by atoms with Gasteiger partial charge in [-0.3, -0.25) is 0 Å². The molecular formula is C10H8ClNS. The normalized spacial score (nSPS) is 10.6. The zero-order valence-electron chi connectivity index (χ0n) is 7.12. The lowest BCUT2D eigenvalue weighted by atomic mass is 10.2. The lowest BCUT2D eigenvalue weighted by molar-refractivity contribution is 1.35. The van der Waals surface area contributed by atoms with Crippen LogP contribution >= 0.6 is 23.4 Å². The third-order valence-corrected chi connectivity index (χ3v) is 2.83. The summed E-state index contributed by atoms with van der Waals surface area (Å²) in [6.45, 7) is 0. The molecule has 1 nitrogen and oxygen atoms in total. The summed E-state index contributed by atoms with van der Waals surface area (Å²) >= 11 is 7.52. The molecule has 0 spiro atoms. The van der Waals surface area contributed by atoms with Gasteiger partial charge < -0.3 is 0 Å². The predicted octanol–water partition coefficient (Wildman–Crippen LogP) is 3.61. The van der Waals surface area contributed by atoms with E-state index in [1.54, 1.807) is 18.0 Å². The first-order chi connectivity index (χ1) is 6.29. The van der Waals surface area contributed by atoms with Crippen LogP contribution in [0.1, 0.15) is 0 Å². The zero-order chi connectivity index (χ0) is 9.26. The van der Waals surface area contributed by atoms with Crippen molar-refractivity contribution in [3.05, 3.63) is 35.6 Å². The summed E-state index contributed by atoms with van der Waals surface area (Å²) in [5.41, 5.74) is 0. The Morgan fingerprint density at radius 2 is 2.08 bits per heavy atom. The van der Waals surface area contributed by atoms with Crippen LogP contribution < -0.4 is 0 Å². The van der Waals surface area contributed by atoms with E-state index in [2.05, 4.69) is 29.4 Å². The number of fused-ring (bicyclic) bond motifs is 1. The lowest BCUT2D eigenvalue weighted by Crippen LogP contribution is -1.78. The van der Waals surface area contributed by atoms with Crippen LogP contribution in [0.5, 0.6) is 0 Å². The minimum Gasteiger partial charge on any atom is -0.244 e. The summed E-state index contributed by atoms with van der Waals surface area (Å²) in [6.07, 6.45) is 3.85. The van der Waals surface area contributed by atoms with Gasteiger partial charge in [0.1, 0.15) is 5.15 Å². The molecule has 0 saturated heterocycles. The summed E-state index contributed by atoms with van der Waals surface area (Å²) < 4.78 is 0. The molecule has 0 radical (unpaired) electrons. The fourth-order valence-electron chi connectivity index (χ4n) is 1.22. The third-order valence-electron chi connectivity index (χ3n) is 1.90. The molecule has 0 bridgehead atoms. The number of rotatable bonds is 1. The molecule has 0 aliphatic rings. The van der Waals surface area contributed by atoms with Gasteiger partial charge in [0, 0.05) is 16.5 Å². The molecule has 0 unspecified atom stereocenters. The molecule has 1 aromatic heterocycles. The Labute approximate surface area is 86.1 Å². The molecule has 0 aliphatic heterocycles. The van der Waals surface area contributed by atoms with Gasteiger partial charge in [-0.2, -0.15) is 0 Å². The molecule has 0 atom stereocenters. The third kappa shape index (κ3) is 1.79. The number of thioether (sulfide) groups is 1. The molecule has 0 fully saturated rings. The second-order valence-electron chi connectivity index (χ2n) is 2.72. The van der Waals surface area contributed by atoms with E-state index in [1.165, 1.54) is 4.90 Å². The highest BCUT2D eigenvalue weighted by Gasteiger charge is 1.96. The number of hydrogen-bond donors (Lipinski definition) is 0. The van der Waals surface area contributed by atoms with E-state index in [-0.39, 0.29) is 0 Å². The topological polar surface area (TPSA) is 12.9 Å². The summed E-state index contributed by atoms with van der Waals surface area (Å²) in [4.78, 5) is 5.27. The van der Waals surface area contributed by atoms with Gasteiger partial charge in [-0.15, -0.1) is 11.8 Å². The van der Waals surface area contributed by atoms with Crippen molar-refractivity contribution in [2.75, 3.05) is 6.26 Å². The van der Waals surface area contributed by atoms with E-state index >= 15 is 0 Å². The molecule has 0 saturated carbocycles. The van der Waals surface area contributed by atoms with Crippen molar-refractivity contribution < 1.29 is 0 Å². The fraction of sp³-hybridized carbons (Fsp3) is 0.100. The molecule has 0 amide bonds. The highest BCUT2D eigenvalue weighted by atomic mass is 35.5. The minimum absolute atomic E-state index is 0.547. The van der Waals surface area contributed by atoms with E-state index in [0.29, 0.717) is 5.15 Å². The van der Waals surface area contributed by atoms with Gasteiger partial charge in [0.15, 0.2) is 0 Å². The fourth-order valence-corrected chi connectivity index (χ4v) is 1.83. The van der Waals surface area contributed by atoms with Crippen molar-refractivity contribution in [3.63, 3.8) is 0 Å². The Balaban J connectivity index is 2.68. The molecule has 13 heavy (non-hydrogen) atoms. The van der Waals surface area contributed by atoms with Gasteiger partial charge in [0.25, 0.3) is 0 Å². The van der Waals surface area contributed by atoms with Gasteiger partial charge in [-0.25, -0.2) is 4.98 Å². The standard InChI is InChI=1S/C10H8ClNS/c1-13-9-3-2-7-6-12-10(11)5-8(7)4-9/h2-6H,1H3. The van der Waals surface area contributed by atoms with E-state index in [4.69, 9.17) is 11.6 Å². The molecule has 66 valence electrons. The first-order valence-corrected chi connectivity index (χ1v) is 5.49. The number of nitrogens with zero attached hydrogens (tertiary/aromatic N) is 1.